The molecule has 0 saturated carbocycles. The number of hydrogen-bond acceptors (Lipinski definition) is 4. The number of carbonyl (C=O) groups excluding carboxylic acids is 1. The molecule has 2 rings (SSSR count). The second-order valence-electron chi connectivity index (χ2n) is 4.19. The van der Waals surface area contributed by atoms with E-state index in [9.17, 15) is 9.59 Å². The third-order valence-corrected chi connectivity index (χ3v) is 3.63. The molecule has 0 aromatic carbocycles. The topological polar surface area (TPSA) is 95.1 Å². The van der Waals surface area contributed by atoms with Crippen LogP contribution in [0.4, 0.5) is 0 Å². The average molecular weight is 293 g/mol. The molecule has 0 aliphatic rings. The Balaban J connectivity index is 1.78. The fourth-order valence-electron chi connectivity index (χ4n) is 1.82. The Kier molecular flexibility index (Phi) is 5.00. The van der Waals surface area contributed by atoms with Crippen molar-refractivity contribution in [1.82, 2.24) is 15.3 Å². The van der Waals surface area contributed by atoms with Crippen molar-refractivity contribution in [2.45, 2.75) is 6.42 Å². The van der Waals surface area contributed by atoms with Gasteiger partial charge in [-0.05, 0) is 17.7 Å². The zero-order valence-corrected chi connectivity index (χ0v) is 11.6. The van der Waals surface area contributed by atoms with Crippen LogP contribution in [0, 0.1) is 0 Å². The summed E-state index contributed by atoms with van der Waals surface area (Å²) in [6.45, 7) is 0.470. The second kappa shape index (κ2) is 6.95. The number of fused-ring (bicyclic) bond motifs is 1. The summed E-state index contributed by atoms with van der Waals surface area (Å²) in [5.74, 6) is -0.268. The van der Waals surface area contributed by atoms with E-state index in [2.05, 4.69) is 15.3 Å². The number of H-pyrrole nitrogens is 1. The van der Waals surface area contributed by atoms with Gasteiger partial charge in [0.15, 0.2) is 0 Å². The van der Waals surface area contributed by atoms with E-state index in [0.717, 1.165) is 16.6 Å². The highest BCUT2D eigenvalue weighted by atomic mass is 32.2. The van der Waals surface area contributed by atoms with Crippen molar-refractivity contribution in [3.8, 4) is 0 Å². The number of rotatable bonds is 7. The van der Waals surface area contributed by atoms with Crippen LogP contribution in [0.3, 0.4) is 0 Å². The summed E-state index contributed by atoms with van der Waals surface area (Å²) >= 11 is 1.28. The van der Waals surface area contributed by atoms with Crippen LogP contribution in [0.2, 0.25) is 0 Å². The number of amides is 1. The standard InChI is InChI=1S/C13H15N3O3S/c17-11(14-4-5-20-8-12(18)19)6-9-7-16-13-10(9)2-1-3-15-13/h1-3,7H,4-6,8H2,(H,14,17)(H,15,16)(H,18,19). The monoisotopic (exact) mass is 293 g/mol. The van der Waals surface area contributed by atoms with Gasteiger partial charge in [0.25, 0.3) is 0 Å². The van der Waals surface area contributed by atoms with Crippen LogP contribution in [0.5, 0.6) is 0 Å². The number of nitrogens with one attached hydrogen (secondary N) is 2. The summed E-state index contributed by atoms with van der Waals surface area (Å²) in [6.07, 6.45) is 3.77. The van der Waals surface area contributed by atoms with Gasteiger partial charge in [-0.2, -0.15) is 0 Å². The number of pyridine rings is 1. The van der Waals surface area contributed by atoms with Crippen LogP contribution in [0.25, 0.3) is 11.0 Å². The van der Waals surface area contributed by atoms with Crippen molar-refractivity contribution >= 4 is 34.7 Å². The van der Waals surface area contributed by atoms with Gasteiger partial charge in [0.05, 0.1) is 12.2 Å². The molecular formula is C13H15N3O3S. The quantitative estimate of drug-likeness (QED) is 0.663. The predicted molar refractivity (Wildman–Crippen MR) is 77.8 cm³/mol. The maximum absolute atomic E-state index is 11.8. The summed E-state index contributed by atoms with van der Waals surface area (Å²) in [7, 11) is 0. The first-order valence-corrected chi connectivity index (χ1v) is 7.29. The molecule has 7 heteroatoms. The number of aliphatic carboxylic acids is 1. The molecule has 3 N–H and O–H groups in total. The molecule has 0 spiro atoms. The van der Waals surface area contributed by atoms with E-state index in [4.69, 9.17) is 5.11 Å². The molecular weight excluding hydrogens is 278 g/mol. The van der Waals surface area contributed by atoms with Crippen LogP contribution < -0.4 is 5.32 Å². The molecule has 0 unspecified atom stereocenters. The Morgan fingerprint density at radius 2 is 2.30 bits per heavy atom. The summed E-state index contributed by atoms with van der Waals surface area (Å²) in [4.78, 5) is 29.3. The molecule has 2 aromatic heterocycles. The van der Waals surface area contributed by atoms with Gasteiger partial charge >= 0.3 is 5.97 Å². The van der Waals surface area contributed by atoms with E-state index in [1.807, 2.05) is 12.1 Å². The number of thioether (sulfide) groups is 1. The fraction of sp³-hybridized carbons (Fsp3) is 0.308. The van der Waals surface area contributed by atoms with Gasteiger partial charge in [0, 0.05) is 30.1 Å². The highest BCUT2D eigenvalue weighted by Gasteiger charge is 2.08. The van der Waals surface area contributed by atoms with E-state index in [-0.39, 0.29) is 18.1 Å². The highest BCUT2D eigenvalue weighted by molar-refractivity contribution is 7.99. The highest BCUT2D eigenvalue weighted by Crippen LogP contribution is 2.15. The maximum Gasteiger partial charge on any atom is 0.313 e. The lowest BCUT2D eigenvalue weighted by Crippen LogP contribution is -2.27. The Hall–Kier alpha value is -2.02. The Bertz CT molecular complexity index is 612. The molecule has 0 atom stereocenters. The Labute approximate surface area is 120 Å². The minimum Gasteiger partial charge on any atom is -0.481 e. The van der Waals surface area contributed by atoms with Gasteiger partial charge in [-0.3, -0.25) is 9.59 Å². The van der Waals surface area contributed by atoms with Crippen molar-refractivity contribution in [1.29, 1.82) is 0 Å². The first-order valence-electron chi connectivity index (χ1n) is 6.14. The lowest BCUT2D eigenvalue weighted by molar-refractivity contribution is -0.133. The molecule has 106 valence electrons. The molecule has 0 radical (unpaired) electrons. The molecule has 20 heavy (non-hydrogen) atoms. The summed E-state index contributed by atoms with van der Waals surface area (Å²) in [5, 5.41) is 12.2. The van der Waals surface area contributed by atoms with E-state index < -0.39 is 5.97 Å². The smallest absolute Gasteiger partial charge is 0.313 e. The zero-order chi connectivity index (χ0) is 14.4. The molecule has 2 aromatic rings. The SMILES string of the molecule is O=C(O)CSCCNC(=O)Cc1c[nH]c2ncccc12. The summed E-state index contributed by atoms with van der Waals surface area (Å²) < 4.78 is 0. The Morgan fingerprint density at radius 1 is 1.45 bits per heavy atom. The van der Waals surface area contributed by atoms with Crippen molar-refractivity contribution in [3.63, 3.8) is 0 Å². The molecule has 0 saturated heterocycles. The van der Waals surface area contributed by atoms with Crippen molar-refractivity contribution in [2.24, 2.45) is 0 Å². The first-order chi connectivity index (χ1) is 9.66. The van der Waals surface area contributed by atoms with Crippen LogP contribution in [0.15, 0.2) is 24.5 Å². The first kappa shape index (κ1) is 14.4. The van der Waals surface area contributed by atoms with E-state index in [1.165, 1.54) is 11.8 Å². The van der Waals surface area contributed by atoms with Crippen molar-refractivity contribution in [3.05, 3.63) is 30.1 Å². The van der Waals surface area contributed by atoms with Crippen LogP contribution in [0.1, 0.15) is 5.56 Å². The summed E-state index contributed by atoms with van der Waals surface area (Å²) in [6, 6.07) is 3.75. The van der Waals surface area contributed by atoms with Crippen LogP contribution in [-0.4, -0.2) is 45.0 Å². The van der Waals surface area contributed by atoms with E-state index in [0.29, 0.717) is 12.3 Å². The second-order valence-corrected chi connectivity index (χ2v) is 5.29. The van der Waals surface area contributed by atoms with Crippen LogP contribution >= 0.6 is 11.8 Å². The molecule has 0 fully saturated rings. The third-order valence-electron chi connectivity index (χ3n) is 2.68. The number of nitrogens with zero attached hydrogens (tertiary/aromatic N) is 1. The van der Waals surface area contributed by atoms with E-state index >= 15 is 0 Å². The van der Waals surface area contributed by atoms with Gasteiger partial charge in [0.1, 0.15) is 5.65 Å². The minimum atomic E-state index is -0.840. The third kappa shape index (κ3) is 3.99. The molecule has 1 amide bonds. The zero-order valence-electron chi connectivity index (χ0n) is 10.8. The number of carboxylic acid groups (broad SMARTS) is 1. The molecule has 0 aliphatic carbocycles. The van der Waals surface area contributed by atoms with Gasteiger partial charge in [-0.25, -0.2) is 4.98 Å². The lowest BCUT2D eigenvalue weighted by Gasteiger charge is -2.03. The Morgan fingerprint density at radius 3 is 3.10 bits per heavy atom. The minimum absolute atomic E-state index is 0.0595. The maximum atomic E-state index is 11.8. The number of hydrogen-bond donors (Lipinski definition) is 3. The molecule has 0 aliphatic heterocycles. The van der Waals surface area contributed by atoms with Gasteiger partial charge in [0.2, 0.25) is 5.91 Å². The fourth-order valence-corrected chi connectivity index (χ4v) is 2.38. The number of carboxylic acids is 1. The van der Waals surface area contributed by atoms with Gasteiger partial charge < -0.3 is 15.4 Å². The number of aromatic nitrogens is 2. The van der Waals surface area contributed by atoms with Gasteiger partial charge in [-0.15, -0.1) is 11.8 Å². The molecule has 0 bridgehead atoms. The average Bonchev–Trinajstić information content (AvgIpc) is 2.81. The number of aromatic amines is 1. The lowest BCUT2D eigenvalue weighted by atomic mass is 10.1. The predicted octanol–water partition coefficient (Wildman–Crippen LogP) is 1.04. The van der Waals surface area contributed by atoms with Gasteiger partial charge in [-0.1, -0.05) is 0 Å². The summed E-state index contributed by atoms with van der Waals surface area (Å²) in [5.41, 5.74) is 1.68. The molecule has 2 heterocycles. The van der Waals surface area contributed by atoms with Crippen molar-refractivity contribution < 1.29 is 14.7 Å². The van der Waals surface area contributed by atoms with Crippen LogP contribution in [-0.2, 0) is 16.0 Å². The van der Waals surface area contributed by atoms with Crippen molar-refractivity contribution in [2.75, 3.05) is 18.1 Å². The normalized spacial score (nSPS) is 10.6. The van der Waals surface area contributed by atoms with E-state index in [1.54, 1.807) is 12.4 Å². The molecule has 6 nitrogen and oxygen atoms in total. The largest absolute Gasteiger partial charge is 0.481 e. The number of carbonyl (C=O) groups is 2.